The lowest BCUT2D eigenvalue weighted by molar-refractivity contribution is -0.137. The molecule has 0 saturated carbocycles. The Balaban J connectivity index is 1.11. The molecule has 1 heterocycles. The van der Waals surface area contributed by atoms with Crippen LogP contribution in [0.1, 0.15) is 47.8 Å². The van der Waals surface area contributed by atoms with Gasteiger partial charge in [-0.05, 0) is 52.9 Å². The van der Waals surface area contributed by atoms with Crippen LogP contribution in [0.5, 0.6) is 5.75 Å². The van der Waals surface area contributed by atoms with Gasteiger partial charge in [-0.3, -0.25) is 4.79 Å². The average Bonchev–Trinajstić information content (AvgIpc) is 3.38. The molecule has 5 aromatic carbocycles. The summed E-state index contributed by atoms with van der Waals surface area (Å²) in [4.78, 5) is 25.8. The number of fused-ring (bicyclic) bond motifs is 3. The molecule has 6 aromatic rings. The SMILES string of the molecule is CC(C)(C)c1ccc(C(=O)c2ccccc2NC(Cc2ccc(OCCn3c4ccccc4c4ccccc43)cc2)C(=O)O)cc1. The van der Waals surface area contributed by atoms with E-state index < -0.39 is 12.0 Å². The molecular formula is C40H38N2O4. The van der Waals surface area contributed by atoms with Crippen molar-refractivity contribution in [3.05, 3.63) is 144 Å². The fraction of sp³-hybridized carbons (Fsp3) is 0.200. The molecule has 0 bridgehead atoms. The quantitative estimate of drug-likeness (QED) is 0.144. The highest BCUT2D eigenvalue weighted by molar-refractivity contribution is 6.12. The van der Waals surface area contributed by atoms with Gasteiger partial charge in [0.15, 0.2) is 5.78 Å². The molecule has 0 fully saturated rings. The van der Waals surface area contributed by atoms with Crippen molar-refractivity contribution in [2.75, 3.05) is 11.9 Å². The van der Waals surface area contributed by atoms with Gasteiger partial charge in [-0.15, -0.1) is 0 Å². The fourth-order valence-electron chi connectivity index (χ4n) is 5.93. The first-order chi connectivity index (χ1) is 22.2. The van der Waals surface area contributed by atoms with Crippen LogP contribution in [0.25, 0.3) is 21.8 Å². The third kappa shape index (κ3) is 6.52. The number of benzene rings is 5. The van der Waals surface area contributed by atoms with Crippen molar-refractivity contribution < 1.29 is 19.4 Å². The zero-order valence-corrected chi connectivity index (χ0v) is 26.4. The Morgan fingerprint density at radius 1 is 0.761 bits per heavy atom. The van der Waals surface area contributed by atoms with E-state index in [1.807, 2.05) is 48.5 Å². The molecule has 46 heavy (non-hydrogen) atoms. The third-order valence-corrected chi connectivity index (χ3v) is 8.44. The van der Waals surface area contributed by atoms with Gasteiger partial charge >= 0.3 is 5.97 Å². The number of carbonyl (C=O) groups is 2. The number of rotatable bonds is 11. The molecule has 6 nitrogen and oxygen atoms in total. The fourth-order valence-corrected chi connectivity index (χ4v) is 5.93. The number of carboxylic acid groups (broad SMARTS) is 1. The molecule has 0 saturated heterocycles. The van der Waals surface area contributed by atoms with Crippen LogP contribution in [-0.4, -0.2) is 34.1 Å². The molecular weight excluding hydrogens is 572 g/mol. The Hall–Kier alpha value is -5.36. The first-order valence-corrected chi connectivity index (χ1v) is 15.6. The van der Waals surface area contributed by atoms with E-state index in [4.69, 9.17) is 4.74 Å². The highest BCUT2D eigenvalue weighted by Crippen LogP contribution is 2.29. The van der Waals surface area contributed by atoms with Crippen LogP contribution < -0.4 is 10.1 Å². The molecule has 1 atom stereocenters. The van der Waals surface area contributed by atoms with Crippen molar-refractivity contribution in [2.45, 2.75) is 45.2 Å². The first-order valence-electron chi connectivity index (χ1n) is 15.6. The van der Waals surface area contributed by atoms with Gasteiger partial charge in [-0.2, -0.15) is 0 Å². The number of hydrogen-bond donors (Lipinski definition) is 2. The zero-order valence-electron chi connectivity index (χ0n) is 26.4. The van der Waals surface area contributed by atoms with Crippen LogP contribution in [0.15, 0.2) is 121 Å². The number of ether oxygens (including phenoxy) is 1. The lowest BCUT2D eigenvalue weighted by Gasteiger charge is -2.20. The third-order valence-electron chi connectivity index (χ3n) is 8.44. The summed E-state index contributed by atoms with van der Waals surface area (Å²) in [5.41, 5.74) is 5.80. The van der Waals surface area contributed by atoms with Crippen LogP contribution >= 0.6 is 0 Å². The van der Waals surface area contributed by atoms with Crippen molar-refractivity contribution in [1.29, 1.82) is 0 Å². The predicted octanol–water partition coefficient (Wildman–Crippen LogP) is 8.51. The number of nitrogens with zero attached hydrogens (tertiary/aromatic N) is 1. The standard InChI is InChI=1S/C40H38N2O4/c1-40(2,3)29-20-18-28(19-21-29)38(43)33-12-4-7-13-34(33)41-35(39(44)45)26-27-16-22-30(23-17-27)46-25-24-42-36-14-8-5-10-31(36)32-11-6-9-15-37(32)42/h4-23,35,41H,24-26H2,1-3H3,(H,44,45). The van der Waals surface area contributed by atoms with Crippen molar-refractivity contribution >= 4 is 39.2 Å². The smallest absolute Gasteiger partial charge is 0.326 e. The van der Waals surface area contributed by atoms with Gasteiger partial charge in [0, 0.05) is 45.0 Å². The van der Waals surface area contributed by atoms with Gasteiger partial charge in [-0.1, -0.05) is 106 Å². The minimum atomic E-state index is -0.997. The topological polar surface area (TPSA) is 80.6 Å². The van der Waals surface area contributed by atoms with E-state index in [1.165, 1.54) is 21.8 Å². The number of anilines is 1. The van der Waals surface area contributed by atoms with Crippen LogP contribution in [0.4, 0.5) is 5.69 Å². The second-order valence-electron chi connectivity index (χ2n) is 12.6. The molecule has 0 aliphatic rings. The molecule has 1 aromatic heterocycles. The van der Waals surface area contributed by atoms with Gasteiger partial charge in [0.25, 0.3) is 0 Å². The number of nitrogens with one attached hydrogen (secondary N) is 1. The largest absolute Gasteiger partial charge is 0.492 e. The highest BCUT2D eigenvalue weighted by Gasteiger charge is 2.22. The van der Waals surface area contributed by atoms with E-state index in [0.717, 1.165) is 16.9 Å². The molecule has 2 N–H and O–H groups in total. The summed E-state index contributed by atoms with van der Waals surface area (Å²) >= 11 is 0. The number of aliphatic carboxylic acids is 1. The molecule has 0 spiro atoms. The van der Waals surface area contributed by atoms with Gasteiger partial charge < -0.3 is 19.7 Å². The van der Waals surface area contributed by atoms with Crippen LogP contribution in [-0.2, 0) is 23.2 Å². The summed E-state index contributed by atoms with van der Waals surface area (Å²) in [5, 5.41) is 15.7. The van der Waals surface area contributed by atoms with Gasteiger partial charge in [0.05, 0.1) is 6.54 Å². The summed E-state index contributed by atoms with van der Waals surface area (Å²) in [5.74, 6) is -0.434. The second-order valence-corrected chi connectivity index (χ2v) is 12.6. The Bertz CT molecular complexity index is 1950. The predicted molar refractivity (Wildman–Crippen MR) is 185 cm³/mol. The molecule has 6 rings (SSSR count). The summed E-state index contributed by atoms with van der Waals surface area (Å²) in [6.07, 6.45) is 0.236. The average molecular weight is 611 g/mol. The Morgan fingerprint density at radius 2 is 1.35 bits per heavy atom. The zero-order chi connectivity index (χ0) is 32.3. The molecule has 232 valence electrons. The normalized spacial score (nSPS) is 12.2. The number of para-hydroxylation sites is 3. The van der Waals surface area contributed by atoms with Crippen molar-refractivity contribution in [2.24, 2.45) is 0 Å². The molecule has 6 heteroatoms. The molecule has 0 radical (unpaired) electrons. The molecule has 0 aliphatic carbocycles. The lowest BCUT2D eigenvalue weighted by atomic mass is 9.86. The second kappa shape index (κ2) is 12.9. The van der Waals surface area contributed by atoms with E-state index in [0.29, 0.717) is 30.0 Å². The number of carbonyl (C=O) groups excluding carboxylic acids is 1. The summed E-state index contributed by atoms with van der Waals surface area (Å²) in [7, 11) is 0. The number of ketones is 1. The minimum absolute atomic E-state index is 0.0203. The monoisotopic (exact) mass is 610 g/mol. The Labute approximate surface area is 269 Å². The maximum absolute atomic E-state index is 13.5. The van der Waals surface area contributed by atoms with E-state index >= 15 is 0 Å². The number of hydrogen-bond acceptors (Lipinski definition) is 4. The van der Waals surface area contributed by atoms with E-state index in [9.17, 15) is 14.7 Å². The number of aromatic nitrogens is 1. The van der Waals surface area contributed by atoms with Crippen LogP contribution in [0.3, 0.4) is 0 Å². The van der Waals surface area contributed by atoms with E-state index in [2.05, 4.69) is 79.2 Å². The Kier molecular flexibility index (Phi) is 8.62. The minimum Gasteiger partial charge on any atom is -0.492 e. The van der Waals surface area contributed by atoms with Gasteiger partial charge in [0.1, 0.15) is 18.4 Å². The van der Waals surface area contributed by atoms with Crippen molar-refractivity contribution in [3.63, 3.8) is 0 Å². The van der Waals surface area contributed by atoms with E-state index in [-0.39, 0.29) is 17.6 Å². The summed E-state index contributed by atoms with van der Waals surface area (Å²) in [6.45, 7) is 7.57. The Morgan fingerprint density at radius 3 is 1.96 bits per heavy atom. The first kappa shape index (κ1) is 30.7. The maximum atomic E-state index is 13.5. The van der Waals surface area contributed by atoms with Crippen molar-refractivity contribution in [1.82, 2.24) is 4.57 Å². The highest BCUT2D eigenvalue weighted by atomic mass is 16.5. The van der Waals surface area contributed by atoms with E-state index in [1.54, 1.807) is 24.3 Å². The lowest BCUT2D eigenvalue weighted by Crippen LogP contribution is -2.32. The van der Waals surface area contributed by atoms with Crippen LogP contribution in [0, 0.1) is 0 Å². The molecule has 1 unspecified atom stereocenters. The van der Waals surface area contributed by atoms with Gasteiger partial charge in [-0.25, -0.2) is 4.79 Å². The van der Waals surface area contributed by atoms with Crippen molar-refractivity contribution in [3.8, 4) is 5.75 Å². The maximum Gasteiger partial charge on any atom is 0.326 e. The van der Waals surface area contributed by atoms with Crippen LogP contribution in [0.2, 0.25) is 0 Å². The summed E-state index contributed by atoms with van der Waals surface area (Å²) in [6, 6.07) is 38.1. The molecule has 0 amide bonds. The number of carboxylic acids is 1. The summed E-state index contributed by atoms with van der Waals surface area (Å²) < 4.78 is 8.38. The van der Waals surface area contributed by atoms with Gasteiger partial charge in [0.2, 0.25) is 0 Å². The molecule has 0 aliphatic heterocycles.